The number of rotatable bonds is 3. The van der Waals surface area contributed by atoms with Gasteiger partial charge in [-0.25, -0.2) is 9.18 Å². The third-order valence-electron chi connectivity index (χ3n) is 2.39. The topological polar surface area (TPSA) is 76.1 Å². The number of anilines is 3. The van der Waals surface area contributed by atoms with Gasteiger partial charge < -0.3 is 10.1 Å². The Bertz CT molecular complexity index is 653. The molecule has 0 bridgehead atoms. The Balaban J connectivity index is 1.97. The second kappa shape index (κ2) is 6.38. The maximum absolute atomic E-state index is 13.1. The van der Waals surface area contributed by atoms with E-state index >= 15 is 0 Å². The quantitative estimate of drug-likeness (QED) is 0.904. The van der Waals surface area contributed by atoms with E-state index in [-0.39, 0.29) is 11.6 Å². The third-order valence-corrected chi connectivity index (χ3v) is 2.39. The second-order valence-corrected chi connectivity index (χ2v) is 5.57. The molecule has 0 spiro atoms. The fourth-order valence-corrected chi connectivity index (χ4v) is 1.59. The van der Waals surface area contributed by atoms with Gasteiger partial charge in [-0.3, -0.25) is 5.32 Å². The van der Waals surface area contributed by atoms with Crippen LogP contribution in [0, 0.1) is 5.82 Å². The first-order valence-corrected chi connectivity index (χ1v) is 6.68. The van der Waals surface area contributed by atoms with Crippen molar-refractivity contribution in [3.05, 3.63) is 42.2 Å². The molecule has 2 aromatic rings. The lowest BCUT2D eigenvalue weighted by atomic mass is 10.2. The summed E-state index contributed by atoms with van der Waals surface area (Å²) in [5.41, 5.74) is -0.0294. The van der Waals surface area contributed by atoms with Gasteiger partial charge in [0.25, 0.3) is 0 Å². The molecule has 7 heteroatoms. The Labute approximate surface area is 127 Å². The molecule has 22 heavy (non-hydrogen) atoms. The first kappa shape index (κ1) is 15.7. The lowest BCUT2D eigenvalue weighted by molar-refractivity contribution is 0.0635. The van der Waals surface area contributed by atoms with Crippen molar-refractivity contribution in [1.29, 1.82) is 0 Å². The van der Waals surface area contributed by atoms with E-state index < -0.39 is 11.7 Å². The second-order valence-electron chi connectivity index (χ2n) is 5.57. The number of hydrogen-bond donors (Lipinski definition) is 2. The summed E-state index contributed by atoms with van der Waals surface area (Å²) in [6.07, 6.45) is -0.604. The highest BCUT2D eigenvalue weighted by Crippen LogP contribution is 2.16. The molecule has 2 N–H and O–H groups in total. The number of benzene rings is 1. The predicted octanol–water partition coefficient (Wildman–Crippen LogP) is 3.71. The number of nitrogens with one attached hydrogen (secondary N) is 2. The van der Waals surface area contributed by atoms with E-state index in [1.54, 1.807) is 45.0 Å². The maximum Gasteiger partial charge on any atom is 0.413 e. The van der Waals surface area contributed by atoms with Crippen LogP contribution in [-0.2, 0) is 4.74 Å². The molecule has 2 rings (SSSR count). The monoisotopic (exact) mass is 304 g/mol. The van der Waals surface area contributed by atoms with E-state index in [2.05, 4.69) is 20.8 Å². The molecule has 1 heterocycles. The SMILES string of the molecule is CC(C)(C)OC(=O)Nc1ccc(Nc2cccc(F)c2)nn1. The van der Waals surface area contributed by atoms with E-state index in [9.17, 15) is 9.18 Å². The molecule has 0 aliphatic rings. The van der Waals surface area contributed by atoms with E-state index in [1.165, 1.54) is 12.1 Å². The minimum Gasteiger partial charge on any atom is -0.444 e. The van der Waals surface area contributed by atoms with Crippen LogP contribution < -0.4 is 10.6 Å². The Morgan fingerprint density at radius 3 is 2.41 bits per heavy atom. The molecule has 0 aliphatic heterocycles. The van der Waals surface area contributed by atoms with Crippen LogP contribution >= 0.6 is 0 Å². The zero-order valence-electron chi connectivity index (χ0n) is 12.6. The summed E-state index contributed by atoms with van der Waals surface area (Å²) in [7, 11) is 0. The number of hydrogen-bond acceptors (Lipinski definition) is 5. The normalized spacial score (nSPS) is 10.9. The van der Waals surface area contributed by atoms with E-state index in [4.69, 9.17) is 4.74 Å². The zero-order valence-corrected chi connectivity index (χ0v) is 12.6. The molecule has 0 aliphatic carbocycles. The van der Waals surface area contributed by atoms with Gasteiger partial charge in [-0.1, -0.05) is 6.07 Å². The van der Waals surface area contributed by atoms with Gasteiger partial charge in [-0.05, 0) is 51.1 Å². The number of halogens is 1. The standard InChI is InChI=1S/C15H17FN4O2/c1-15(2,3)22-14(21)18-13-8-7-12(19-20-13)17-11-6-4-5-10(16)9-11/h4-9H,1-3H3,(H,17,19)(H,18,20,21). The zero-order chi connectivity index (χ0) is 16.2. The molecule has 0 unspecified atom stereocenters. The Morgan fingerprint density at radius 1 is 1.14 bits per heavy atom. The Hall–Kier alpha value is -2.70. The van der Waals surface area contributed by atoms with Crippen molar-refractivity contribution in [2.75, 3.05) is 10.6 Å². The van der Waals surface area contributed by atoms with Crippen molar-refractivity contribution in [2.45, 2.75) is 26.4 Å². The molecular formula is C15H17FN4O2. The van der Waals surface area contributed by atoms with Gasteiger partial charge in [0.2, 0.25) is 0 Å². The summed E-state index contributed by atoms with van der Waals surface area (Å²) in [6, 6.07) is 9.17. The summed E-state index contributed by atoms with van der Waals surface area (Å²) >= 11 is 0. The smallest absolute Gasteiger partial charge is 0.413 e. The van der Waals surface area contributed by atoms with Gasteiger partial charge >= 0.3 is 6.09 Å². The van der Waals surface area contributed by atoms with Gasteiger partial charge in [-0.2, -0.15) is 0 Å². The fraction of sp³-hybridized carbons (Fsp3) is 0.267. The maximum atomic E-state index is 13.1. The van der Waals surface area contributed by atoms with Crippen LogP contribution in [-0.4, -0.2) is 21.9 Å². The number of amides is 1. The van der Waals surface area contributed by atoms with Gasteiger partial charge in [0, 0.05) is 5.69 Å². The fourth-order valence-electron chi connectivity index (χ4n) is 1.59. The number of ether oxygens (including phenoxy) is 1. The van der Waals surface area contributed by atoms with Crippen LogP contribution in [0.25, 0.3) is 0 Å². The highest BCUT2D eigenvalue weighted by molar-refractivity contribution is 5.83. The summed E-state index contributed by atoms with van der Waals surface area (Å²) in [5.74, 6) is 0.348. The minimum absolute atomic E-state index is 0.263. The molecule has 1 aromatic heterocycles. The molecule has 6 nitrogen and oxygen atoms in total. The Kier molecular flexibility index (Phi) is 4.55. The number of carbonyl (C=O) groups excluding carboxylic acids is 1. The van der Waals surface area contributed by atoms with Crippen LogP contribution in [0.4, 0.5) is 26.5 Å². The van der Waals surface area contributed by atoms with E-state index in [1.807, 2.05) is 0 Å². The van der Waals surface area contributed by atoms with Crippen LogP contribution in [0.3, 0.4) is 0 Å². The van der Waals surface area contributed by atoms with Crippen molar-refractivity contribution < 1.29 is 13.9 Å². The van der Waals surface area contributed by atoms with Crippen LogP contribution in [0.15, 0.2) is 36.4 Å². The number of nitrogens with zero attached hydrogens (tertiary/aromatic N) is 2. The van der Waals surface area contributed by atoms with Gasteiger partial charge in [-0.15, -0.1) is 10.2 Å². The highest BCUT2D eigenvalue weighted by Gasteiger charge is 2.16. The van der Waals surface area contributed by atoms with Gasteiger partial charge in [0.1, 0.15) is 11.4 Å². The third kappa shape index (κ3) is 5.01. The molecule has 0 radical (unpaired) electrons. The van der Waals surface area contributed by atoms with Crippen molar-refractivity contribution in [3.8, 4) is 0 Å². The minimum atomic E-state index is -0.604. The van der Waals surface area contributed by atoms with E-state index in [0.717, 1.165) is 0 Å². The molecule has 0 fully saturated rings. The average Bonchev–Trinajstić information content (AvgIpc) is 2.39. The average molecular weight is 304 g/mol. The van der Waals surface area contributed by atoms with Crippen molar-refractivity contribution in [1.82, 2.24) is 10.2 Å². The lowest BCUT2D eigenvalue weighted by Crippen LogP contribution is -2.27. The molecule has 0 atom stereocenters. The number of aromatic nitrogens is 2. The summed E-state index contributed by atoms with van der Waals surface area (Å²) in [5, 5.41) is 13.1. The van der Waals surface area contributed by atoms with Crippen LogP contribution in [0.1, 0.15) is 20.8 Å². The van der Waals surface area contributed by atoms with Crippen molar-refractivity contribution in [3.63, 3.8) is 0 Å². The summed E-state index contributed by atoms with van der Waals surface area (Å²) in [4.78, 5) is 11.6. The van der Waals surface area contributed by atoms with Crippen LogP contribution in [0.5, 0.6) is 0 Å². The molecule has 0 saturated heterocycles. The van der Waals surface area contributed by atoms with E-state index in [0.29, 0.717) is 11.5 Å². The van der Waals surface area contributed by atoms with Gasteiger partial charge in [0.05, 0.1) is 0 Å². The molecular weight excluding hydrogens is 287 g/mol. The highest BCUT2D eigenvalue weighted by atomic mass is 19.1. The van der Waals surface area contributed by atoms with Crippen molar-refractivity contribution in [2.24, 2.45) is 0 Å². The Morgan fingerprint density at radius 2 is 1.82 bits per heavy atom. The van der Waals surface area contributed by atoms with Crippen LogP contribution in [0.2, 0.25) is 0 Å². The summed E-state index contributed by atoms with van der Waals surface area (Å²) in [6.45, 7) is 5.30. The van der Waals surface area contributed by atoms with Crippen molar-refractivity contribution >= 4 is 23.4 Å². The molecule has 1 amide bonds. The molecule has 1 aromatic carbocycles. The van der Waals surface area contributed by atoms with Gasteiger partial charge in [0.15, 0.2) is 11.6 Å². The number of carbonyl (C=O) groups is 1. The molecule has 116 valence electrons. The first-order chi connectivity index (χ1) is 10.3. The summed E-state index contributed by atoms with van der Waals surface area (Å²) < 4.78 is 18.2. The lowest BCUT2D eigenvalue weighted by Gasteiger charge is -2.19. The largest absolute Gasteiger partial charge is 0.444 e. The predicted molar refractivity (Wildman–Crippen MR) is 81.6 cm³/mol. The molecule has 0 saturated carbocycles. The first-order valence-electron chi connectivity index (χ1n) is 6.68.